The van der Waals surface area contributed by atoms with Gasteiger partial charge in [-0.2, -0.15) is 0 Å². The van der Waals surface area contributed by atoms with Crippen LogP contribution in [0.5, 0.6) is 0 Å². The Labute approximate surface area is 170 Å². The number of likely N-dealkylation sites (tertiary alicyclic amines) is 1. The Morgan fingerprint density at radius 1 is 0.966 bits per heavy atom. The minimum atomic E-state index is -0.0149. The number of aromatic nitrogens is 3. The normalized spacial score (nSPS) is 22.1. The van der Waals surface area contributed by atoms with E-state index in [0.29, 0.717) is 12.0 Å². The molecular formula is C22H27N5O2. The predicted molar refractivity (Wildman–Crippen MR) is 109 cm³/mol. The molecule has 2 amide bonds. The monoisotopic (exact) mass is 393 g/mol. The largest absolute Gasteiger partial charge is 0.328 e. The Morgan fingerprint density at radius 2 is 1.90 bits per heavy atom. The Morgan fingerprint density at radius 3 is 2.76 bits per heavy atom. The van der Waals surface area contributed by atoms with E-state index >= 15 is 0 Å². The third kappa shape index (κ3) is 3.32. The van der Waals surface area contributed by atoms with E-state index in [9.17, 15) is 9.59 Å². The molecule has 5 rings (SSSR count). The van der Waals surface area contributed by atoms with Gasteiger partial charge < -0.3 is 14.4 Å². The van der Waals surface area contributed by atoms with E-state index < -0.39 is 0 Å². The first-order valence-corrected chi connectivity index (χ1v) is 10.9. The molecule has 2 aromatic rings. The summed E-state index contributed by atoms with van der Waals surface area (Å²) >= 11 is 0. The van der Waals surface area contributed by atoms with Crippen LogP contribution in [0.4, 0.5) is 5.69 Å². The summed E-state index contributed by atoms with van der Waals surface area (Å²) in [6.07, 6.45) is 7.86. The molecule has 0 unspecified atom stereocenters. The second-order valence-electron chi connectivity index (χ2n) is 8.29. The number of anilines is 1. The number of hydrogen-bond acceptors (Lipinski definition) is 4. The maximum atomic E-state index is 13.4. The van der Waals surface area contributed by atoms with E-state index in [-0.39, 0.29) is 17.9 Å². The summed E-state index contributed by atoms with van der Waals surface area (Å²) in [5, 5.41) is 8.94. The van der Waals surface area contributed by atoms with Crippen molar-refractivity contribution in [1.82, 2.24) is 19.7 Å². The van der Waals surface area contributed by atoms with Crippen LogP contribution in [0, 0.1) is 0 Å². The van der Waals surface area contributed by atoms with Crippen molar-refractivity contribution >= 4 is 17.5 Å². The van der Waals surface area contributed by atoms with Gasteiger partial charge in [-0.15, -0.1) is 10.2 Å². The van der Waals surface area contributed by atoms with Crippen LogP contribution in [-0.2, 0) is 17.8 Å². The quantitative estimate of drug-likeness (QED) is 0.803. The highest BCUT2D eigenvalue weighted by molar-refractivity contribution is 5.99. The van der Waals surface area contributed by atoms with E-state index in [0.717, 1.165) is 75.5 Å². The van der Waals surface area contributed by atoms with Crippen LogP contribution in [0.3, 0.4) is 0 Å². The number of benzene rings is 1. The molecule has 2 fully saturated rings. The maximum absolute atomic E-state index is 13.4. The summed E-state index contributed by atoms with van der Waals surface area (Å²) < 4.78 is 2.25. The van der Waals surface area contributed by atoms with Gasteiger partial charge in [-0.3, -0.25) is 9.59 Å². The number of carbonyl (C=O) groups excluding carboxylic acids is 2. The van der Waals surface area contributed by atoms with Crippen molar-refractivity contribution in [3.8, 4) is 0 Å². The highest BCUT2D eigenvalue weighted by atomic mass is 16.2. The zero-order valence-electron chi connectivity index (χ0n) is 16.7. The van der Waals surface area contributed by atoms with E-state index in [4.69, 9.17) is 0 Å². The average Bonchev–Trinajstić information content (AvgIpc) is 3.44. The van der Waals surface area contributed by atoms with Crippen molar-refractivity contribution in [2.45, 2.75) is 64.0 Å². The van der Waals surface area contributed by atoms with Gasteiger partial charge in [0.05, 0.1) is 6.04 Å². The minimum Gasteiger partial charge on any atom is -0.328 e. The SMILES string of the molecule is O=C1CCCN1c1cccc(C(=O)N2CCC[C@H]2c2nnc3n2CCCCC3)c1. The molecule has 0 aliphatic carbocycles. The fraction of sp³-hybridized carbons (Fsp3) is 0.545. The summed E-state index contributed by atoms with van der Waals surface area (Å²) in [5.74, 6) is 2.16. The number of amides is 2. The molecule has 0 spiro atoms. The second-order valence-corrected chi connectivity index (χ2v) is 8.29. The number of fused-ring (bicyclic) bond motifs is 1. The first kappa shape index (κ1) is 18.3. The first-order chi connectivity index (χ1) is 14.2. The van der Waals surface area contributed by atoms with E-state index in [2.05, 4.69) is 14.8 Å². The lowest BCUT2D eigenvalue weighted by Gasteiger charge is -2.25. The molecule has 7 heteroatoms. The number of rotatable bonds is 3. The molecule has 1 aromatic heterocycles. The zero-order chi connectivity index (χ0) is 19.8. The van der Waals surface area contributed by atoms with Gasteiger partial charge in [0, 0.05) is 43.7 Å². The zero-order valence-corrected chi connectivity index (χ0v) is 16.7. The maximum Gasteiger partial charge on any atom is 0.254 e. The molecule has 3 aliphatic rings. The van der Waals surface area contributed by atoms with Gasteiger partial charge in [0.25, 0.3) is 5.91 Å². The lowest BCUT2D eigenvalue weighted by Crippen LogP contribution is -2.32. The molecule has 7 nitrogen and oxygen atoms in total. The molecule has 4 heterocycles. The molecular weight excluding hydrogens is 366 g/mol. The van der Waals surface area contributed by atoms with Crippen molar-refractivity contribution in [3.63, 3.8) is 0 Å². The summed E-state index contributed by atoms with van der Waals surface area (Å²) in [6.45, 7) is 2.41. The Kier molecular flexibility index (Phi) is 4.81. The molecule has 0 N–H and O–H groups in total. The van der Waals surface area contributed by atoms with Gasteiger partial charge >= 0.3 is 0 Å². The highest BCUT2D eigenvalue weighted by Crippen LogP contribution is 2.34. The van der Waals surface area contributed by atoms with Crippen LogP contribution in [0.1, 0.15) is 73.0 Å². The van der Waals surface area contributed by atoms with Gasteiger partial charge in [-0.05, 0) is 50.3 Å². The molecule has 1 atom stereocenters. The number of hydrogen-bond donors (Lipinski definition) is 0. The van der Waals surface area contributed by atoms with Gasteiger partial charge in [0.2, 0.25) is 5.91 Å². The van der Waals surface area contributed by atoms with Crippen LogP contribution in [-0.4, -0.2) is 44.6 Å². The van der Waals surface area contributed by atoms with E-state index in [1.807, 2.05) is 29.2 Å². The van der Waals surface area contributed by atoms with Crippen LogP contribution in [0.15, 0.2) is 24.3 Å². The second kappa shape index (κ2) is 7.61. The van der Waals surface area contributed by atoms with Crippen LogP contribution in [0.2, 0.25) is 0 Å². The lowest BCUT2D eigenvalue weighted by atomic mass is 10.1. The van der Waals surface area contributed by atoms with Crippen molar-refractivity contribution in [2.24, 2.45) is 0 Å². The van der Waals surface area contributed by atoms with Gasteiger partial charge in [-0.1, -0.05) is 12.5 Å². The summed E-state index contributed by atoms with van der Waals surface area (Å²) in [7, 11) is 0. The third-order valence-corrected chi connectivity index (χ3v) is 6.43. The molecule has 3 aliphatic heterocycles. The number of nitrogens with zero attached hydrogens (tertiary/aromatic N) is 5. The molecule has 1 aromatic carbocycles. The van der Waals surface area contributed by atoms with Gasteiger partial charge in [0.15, 0.2) is 5.82 Å². The van der Waals surface area contributed by atoms with Crippen molar-refractivity contribution in [3.05, 3.63) is 41.5 Å². The van der Waals surface area contributed by atoms with Gasteiger partial charge in [0.1, 0.15) is 5.82 Å². The number of carbonyl (C=O) groups is 2. The van der Waals surface area contributed by atoms with Crippen molar-refractivity contribution < 1.29 is 9.59 Å². The predicted octanol–water partition coefficient (Wildman–Crippen LogP) is 3.11. The summed E-state index contributed by atoms with van der Waals surface area (Å²) in [4.78, 5) is 29.2. The van der Waals surface area contributed by atoms with Crippen LogP contribution in [0.25, 0.3) is 0 Å². The molecule has 152 valence electrons. The minimum absolute atomic E-state index is 0.0149. The molecule has 2 saturated heterocycles. The fourth-order valence-electron chi connectivity index (χ4n) is 4.93. The van der Waals surface area contributed by atoms with Crippen LogP contribution < -0.4 is 4.90 Å². The van der Waals surface area contributed by atoms with E-state index in [1.165, 1.54) is 6.42 Å². The Balaban J connectivity index is 1.41. The fourth-order valence-corrected chi connectivity index (χ4v) is 4.93. The Bertz CT molecular complexity index is 937. The molecule has 0 saturated carbocycles. The average molecular weight is 393 g/mol. The molecule has 0 bridgehead atoms. The smallest absolute Gasteiger partial charge is 0.254 e. The summed E-state index contributed by atoms with van der Waals surface area (Å²) in [5.41, 5.74) is 1.47. The van der Waals surface area contributed by atoms with Crippen molar-refractivity contribution in [1.29, 1.82) is 0 Å². The summed E-state index contributed by atoms with van der Waals surface area (Å²) in [6, 6.07) is 7.50. The number of aryl methyl sites for hydroxylation is 1. The third-order valence-electron chi connectivity index (χ3n) is 6.43. The van der Waals surface area contributed by atoms with Crippen molar-refractivity contribution in [2.75, 3.05) is 18.0 Å². The highest BCUT2D eigenvalue weighted by Gasteiger charge is 2.35. The topological polar surface area (TPSA) is 71.3 Å². The van der Waals surface area contributed by atoms with Gasteiger partial charge in [-0.25, -0.2) is 0 Å². The van der Waals surface area contributed by atoms with E-state index in [1.54, 1.807) is 4.90 Å². The Hall–Kier alpha value is -2.70. The molecule has 0 radical (unpaired) electrons. The standard InChI is InChI=1S/C22H27N5O2/c28-20-11-6-13-25(20)17-8-4-7-16(15-17)22(29)26-14-5-9-18(26)21-24-23-19-10-2-1-3-12-27(19)21/h4,7-8,15,18H,1-3,5-6,9-14H2/t18-/m0/s1. The lowest BCUT2D eigenvalue weighted by molar-refractivity contribution is -0.117. The first-order valence-electron chi connectivity index (χ1n) is 10.9. The molecule has 29 heavy (non-hydrogen) atoms. The van der Waals surface area contributed by atoms with Crippen LogP contribution >= 0.6 is 0 Å².